The number of allylic oxidation sites excluding steroid dienone is 4. The quantitative estimate of drug-likeness (QED) is 0.228. The van der Waals surface area contributed by atoms with Gasteiger partial charge in [0, 0.05) is 6.42 Å². The molecule has 4 N–H and O–H groups in total. The topological polar surface area (TPSA) is 84.8 Å². The van der Waals surface area contributed by atoms with Crippen molar-refractivity contribution in [3.8, 4) is 0 Å². The van der Waals surface area contributed by atoms with Crippen LogP contribution in [0.2, 0.25) is 0 Å². The normalized spacial score (nSPS) is 12.7. The summed E-state index contributed by atoms with van der Waals surface area (Å²) in [4.78, 5) is 10.3. The van der Waals surface area contributed by atoms with Gasteiger partial charge in [0.05, 0.1) is 13.2 Å². The second kappa shape index (κ2) is 21.9. The Balaban J connectivity index is 0. The van der Waals surface area contributed by atoms with E-state index in [0.717, 1.165) is 38.9 Å². The van der Waals surface area contributed by atoms with Gasteiger partial charge < -0.3 is 16.0 Å². The summed E-state index contributed by atoms with van der Waals surface area (Å²) in [6.45, 7) is 4.23. The lowest BCUT2D eigenvalue weighted by Crippen LogP contribution is -1.93. The molecule has 0 aromatic rings. The summed E-state index contributed by atoms with van der Waals surface area (Å²) < 4.78 is 4.50. The van der Waals surface area contributed by atoms with Gasteiger partial charge in [-0.05, 0) is 38.5 Å². The Morgan fingerprint density at radius 1 is 0.875 bits per heavy atom. The Hall–Kier alpha value is -1.13. The van der Waals surface area contributed by atoms with E-state index in [1.165, 1.54) is 44.9 Å². The first-order chi connectivity index (χ1) is 11.3. The Morgan fingerprint density at radius 3 is 1.88 bits per heavy atom. The van der Waals surface area contributed by atoms with Crippen LogP contribution in [-0.2, 0) is 9.53 Å². The van der Waals surface area contributed by atoms with Crippen molar-refractivity contribution in [1.29, 1.82) is 0 Å². The average molecular weight is 342 g/mol. The molecular weight excluding hydrogens is 302 g/mol. The number of hydrogen-bond acceptors (Lipinski definition) is 3. The minimum atomic E-state index is -0.671. The summed E-state index contributed by atoms with van der Waals surface area (Å²) in [5.74, 6) is -0.671. The molecule has 0 radical (unpaired) electrons. The van der Waals surface area contributed by atoms with Crippen molar-refractivity contribution in [1.82, 2.24) is 6.15 Å². The van der Waals surface area contributed by atoms with E-state index in [4.69, 9.17) is 5.11 Å². The van der Waals surface area contributed by atoms with Crippen LogP contribution in [0, 0.1) is 0 Å². The smallest absolute Gasteiger partial charge is 0.303 e. The van der Waals surface area contributed by atoms with Gasteiger partial charge in [-0.15, -0.1) is 0 Å². The first-order valence-corrected chi connectivity index (χ1v) is 9.37. The molecule has 1 fully saturated rings. The largest absolute Gasteiger partial charge is 0.481 e. The molecule has 0 unspecified atom stereocenters. The molecule has 0 aromatic heterocycles. The number of hydrogen-bond donors (Lipinski definition) is 2. The minimum absolute atomic E-state index is 0. The number of ether oxygens (including phenoxy) is 1. The molecule has 0 aromatic carbocycles. The van der Waals surface area contributed by atoms with E-state index in [9.17, 15) is 4.79 Å². The first kappa shape index (κ1) is 25.1. The highest BCUT2D eigenvalue weighted by molar-refractivity contribution is 5.66. The van der Waals surface area contributed by atoms with Crippen LogP contribution in [0.15, 0.2) is 24.3 Å². The van der Waals surface area contributed by atoms with Gasteiger partial charge in [-0.2, -0.15) is 0 Å². The predicted octanol–water partition coefficient (Wildman–Crippen LogP) is 6.06. The second-order valence-electron chi connectivity index (χ2n) is 5.99. The van der Waals surface area contributed by atoms with E-state index in [0.29, 0.717) is 6.42 Å². The van der Waals surface area contributed by atoms with Gasteiger partial charge in [-0.25, -0.2) is 0 Å². The van der Waals surface area contributed by atoms with Crippen molar-refractivity contribution < 1.29 is 14.6 Å². The maximum atomic E-state index is 10.3. The van der Waals surface area contributed by atoms with Crippen LogP contribution in [0.1, 0.15) is 84.0 Å². The zero-order valence-electron chi connectivity index (χ0n) is 15.7. The molecule has 0 spiro atoms. The highest BCUT2D eigenvalue weighted by atomic mass is 16.6. The van der Waals surface area contributed by atoms with E-state index < -0.39 is 5.97 Å². The fraction of sp³-hybridized carbons (Fsp3) is 0.750. The minimum Gasteiger partial charge on any atom is -0.481 e. The Morgan fingerprint density at radius 2 is 1.38 bits per heavy atom. The molecule has 0 amide bonds. The summed E-state index contributed by atoms with van der Waals surface area (Å²) in [6, 6.07) is 0. The molecular formula is C20H39NO3. The lowest BCUT2D eigenvalue weighted by molar-refractivity contribution is -0.137. The van der Waals surface area contributed by atoms with Crippen molar-refractivity contribution in [3.05, 3.63) is 24.3 Å². The fourth-order valence-electron chi connectivity index (χ4n) is 2.09. The molecule has 4 heteroatoms. The van der Waals surface area contributed by atoms with Crippen LogP contribution in [0.3, 0.4) is 0 Å². The van der Waals surface area contributed by atoms with Crippen molar-refractivity contribution in [2.45, 2.75) is 84.0 Å². The molecule has 0 aliphatic carbocycles. The number of epoxide rings is 1. The van der Waals surface area contributed by atoms with Crippen LogP contribution in [0.5, 0.6) is 0 Å². The predicted molar refractivity (Wildman–Crippen MR) is 103 cm³/mol. The van der Waals surface area contributed by atoms with Crippen molar-refractivity contribution >= 4 is 5.97 Å². The molecule has 1 aliphatic heterocycles. The number of aliphatic carboxylic acids is 1. The van der Waals surface area contributed by atoms with Crippen LogP contribution in [0.4, 0.5) is 0 Å². The van der Waals surface area contributed by atoms with Crippen LogP contribution in [0.25, 0.3) is 0 Å². The molecule has 1 heterocycles. The molecule has 1 saturated heterocycles. The third kappa shape index (κ3) is 29.0. The van der Waals surface area contributed by atoms with Gasteiger partial charge in [-0.1, -0.05) is 63.3 Å². The maximum absolute atomic E-state index is 10.3. The van der Waals surface area contributed by atoms with Crippen LogP contribution >= 0.6 is 0 Å². The average Bonchev–Trinajstić information content (AvgIpc) is 3.39. The Bertz CT molecular complexity index is 309. The Kier molecular flexibility index (Phi) is 22.9. The summed E-state index contributed by atoms with van der Waals surface area (Å²) >= 11 is 0. The second-order valence-corrected chi connectivity index (χ2v) is 5.99. The Labute approximate surface area is 148 Å². The summed E-state index contributed by atoms with van der Waals surface area (Å²) in [6.07, 6.45) is 22.3. The zero-order valence-corrected chi connectivity index (χ0v) is 15.7. The standard InChI is InChI=1S/C18H32O2.C2H4O.H3N/c1-2-3-4-5-6-7-8-9-10-11-12-13-14-15-16-17-18(19)20;1-2-3-1;/h6-7,9-10H,2-5,8,11-17H2,1H3,(H,19,20);1-2H2;1H3/b7-6-,10-9-;;. The number of rotatable bonds is 14. The van der Waals surface area contributed by atoms with Gasteiger partial charge in [0.15, 0.2) is 0 Å². The molecule has 1 rings (SSSR count). The lowest BCUT2D eigenvalue weighted by atomic mass is 10.1. The third-order valence-corrected chi connectivity index (χ3v) is 3.55. The highest BCUT2D eigenvalue weighted by Crippen LogP contribution is 2.08. The van der Waals surface area contributed by atoms with Crippen molar-refractivity contribution in [2.24, 2.45) is 0 Å². The monoisotopic (exact) mass is 341 g/mol. The van der Waals surface area contributed by atoms with Crippen molar-refractivity contribution in [3.63, 3.8) is 0 Å². The number of carboxylic acids is 1. The van der Waals surface area contributed by atoms with E-state index in [2.05, 4.69) is 36.0 Å². The molecule has 0 atom stereocenters. The molecule has 4 nitrogen and oxygen atoms in total. The molecule has 142 valence electrons. The van der Waals surface area contributed by atoms with E-state index >= 15 is 0 Å². The number of carbonyl (C=O) groups is 1. The first-order valence-electron chi connectivity index (χ1n) is 9.37. The SMILES string of the molecule is C1CO1.CCCCC/C=C\C/C=C\CCCCCCCC(=O)O.N. The summed E-state index contributed by atoms with van der Waals surface area (Å²) in [7, 11) is 0. The molecule has 1 aliphatic rings. The van der Waals surface area contributed by atoms with Gasteiger partial charge in [0.1, 0.15) is 0 Å². The number of carboxylic acid groups (broad SMARTS) is 1. The van der Waals surface area contributed by atoms with E-state index in [1.54, 1.807) is 0 Å². The third-order valence-electron chi connectivity index (χ3n) is 3.55. The van der Waals surface area contributed by atoms with Crippen LogP contribution in [-0.4, -0.2) is 24.3 Å². The molecule has 0 bridgehead atoms. The molecule has 24 heavy (non-hydrogen) atoms. The van der Waals surface area contributed by atoms with Crippen LogP contribution < -0.4 is 6.15 Å². The van der Waals surface area contributed by atoms with E-state index in [-0.39, 0.29) is 6.15 Å². The van der Waals surface area contributed by atoms with Gasteiger partial charge in [-0.3, -0.25) is 4.79 Å². The van der Waals surface area contributed by atoms with Gasteiger partial charge in [0.25, 0.3) is 0 Å². The summed E-state index contributed by atoms with van der Waals surface area (Å²) in [5.41, 5.74) is 0. The van der Waals surface area contributed by atoms with Gasteiger partial charge >= 0.3 is 5.97 Å². The highest BCUT2D eigenvalue weighted by Gasteiger charge is 1.95. The van der Waals surface area contributed by atoms with Gasteiger partial charge in [0.2, 0.25) is 0 Å². The molecule has 0 saturated carbocycles. The van der Waals surface area contributed by atoms with Crippen molar-refractivity contribution in [2.75, 3.05) is 13.2 Å². The zero-order chi connectivity index (χ0) is 17.0. The summed E-state index contributed by atoms with van der Waals surface area (Å²) in [5, 5.41) is 8.50. The number of unbranched alkanes of at least 4 members (excludes halogenated alkanes) is 8. The maximum Gasteiger partial charge on any atom is 0.303 e. The fourth-order valence-corrected chi connectivity index (χ4v) is 2.09. The lowest BCUT2D eigenvalue weighted by Gasteiger charge is -1.98. The van der Waals surface area contributed by atoms with E-state index in [1.807, 2.05) is 0 Å².